The van der Waals surface area contributed by atoms with Gasteiger partial charge in [-0.05, 0) is 55.3 Å². The van der Waals surface area contributed by atoms with Crippen molar-refractivity contribution in [2.75, 3.05) is 19.1 Å². The minimum Gasteiger partial charge on any atom is -0.493 e. The molecular formula is C22H22N2O5. The first-order chi connectivity index (χ1) is 13.9. The second-order valence-electron chi connectivity index (χ2n) is 7.35. The average molecular weight is 394 g/mol. The van der Waals surface area contributed by atoms with Crippen LogP contribution in [-0.4, -0.2) is 37.3 Å². The molecule has 29 heavy (non-hydrogen) atoms. The van der Waals surface area contributed by atoms with Crippen molar-refractivity contribution in [1.29, 1.82) is 0 Å². The Kier molecular flexibility index (Phi) is 4.53. The highest BCUT2D eigenvalue weighted by Crippen LogP contribution is 2.40. The molecule has 4 rings (SSSR count). The van der Waals surface area contributed by atoms with Crippen LogP contribution in [0.4, 0.5) is 5.69 Å². The monoisotopic (exact) mass is 394 g/mol. The summed E-state index contributed by atoms with van der Waals surface area (Å²) < 4.78 is 10.6. The van der Waals surface area contributed by atoms with Gasteiger partial charge < -0.3 is 14.3 Å². The lowest BCUT2D eigenvalue weighted by Crippen LogP contribution is -2.40. The molecule has 0 aromatic heterocycles. The largest absolute Gasteiger partial charge is 0.493 e. The standard InChI is InChI=1S/C22H22N2O5/c1-13-5-7-16(9-14(13)2)24-20(25)12-22(21(24)26)11-17(23-29-22)15-6-8-18(27-3)19(10-15)28-4/h5-10H,11-12H2,1-4H3. The van der Waals surface area contributed by atoms with Crippen molar-refractivity contribution in [1.82, 2.24) is 0 Å². The molecule has 0 N–H and O–H groups in total. The zero-order chi connectivity index (χ0) is 20.8. The zero-order valence-electron chi connectivity index (χ0n) is 16.8. The van der Waals surface area contributed by atoms with Gasteiger partial charge in [0, 0.05) is 12.0 Å². The van der Waals surface area contributed by atoms with E-state index in [0.717, 1.165) is 16.7 Å². The van der Waals surface area contributed by atoms with Crippen LogP contribution in [0, 0.1) is 13.8 Å². The van der Waals surface area contributed by atoms with E-state index in [9.17, 15) is 9.59 Å². The Balaban J connectivity index is 1.60. The number of carbonyl (C=O) groups excluding carboxylic acids is 2. The number of benzene rings is 2. The molecule has 2 aliphatic rings. The molecule has 2 aromatic carbocycles. The van der Waals surface area contributed by atoms with Crippen molar-refractivity contribution in [3.63, 3.8) is 0 Å². The number of oxime groups is 1. The number of carbonyl (C=O) groups is 2. The summed E-state index contributed by atoms with van der Waals surface area (Å²) in [5.41, 5.74) is 2.72. The summed E-state index contributed by atoms with van der Waals surface area (Å²) in [6, 6.07) is 10.9. The molecule has 1 saturated heterocycles. The highest BCUT2D eigenvalue weighted by Gasteiger charge is 2.58. The van der Waals surface area contributed by atoms with Gasteiger partial charge >= 0.3 is 0 Å². The normalized spacial score (nSPS) is 20.8. The predicted molar refractivity (Wildman–Crippen MR) is 108 cm³/mol. The number of nitrogens with zero attached hydrogens (tertiary/aromatic N) is 2. The Morgan fingerprint density at radius 2 is 1.72 bits per heavy atom. The molecule has 1 fully saturated rings. The van der Waals surface area contributed by atoms with Crippen LogP contribution in [0.5, 0.6) is 11.5 Å². The van der Waals surface area contributed by atoms with Crippen molar-refractivity contribution in [2.45, 2.75) is 32.3 Å². The maximum Gasteiger partial charge on any atom is 0.281 e. The molecule has 0 aliphatic carbocycles. The second kappa shape index (κ2) is 6.92. The molecular weight excluding hydrogens is 372 g/mol. The Morgan fingerprint density at radius 3 is 2.41 bits per heavy atom. The van der Waals surface area contributed by atoms with Gasteiger partial charge in [-0.2, -0.15) is 0 Å². The van der Waals surface area contributed by atoms with E-state index in [4.69, 9.17) is 14.3 Å². The number of amides is 2. The Morgan fingerprint density at radius 1 is 0.966 bits per heavy atom. The van der Waals surface area contributed by atoms with Crippen molar-refractivity contribution < 1.29 is 23.9 Å². The van der Waals surface area contributed by atoms with Crippen molar-refractivity contribution in [3.05, 3.63) is 53.1 Å². The number of imide groups is 1. The molecule has 1 unspecified atom stereocenters. The first kappa shape index (κ1) is 19.0. The van der Waals surface area contributed by atoms with Crippen LogP contribution < -0.4 is 14.4 Å². The number of hydrogen-bond donors (Lipinski definition) is 0. The van der Waals surface area contributed by atoms with Crippen LogP contribution in [0.25, 0.3) is 0 Å². The lowest BCUT2D eigenvalue weighted by atomic mass is 9.92. The van der Waals surface area contributed by atoms with E-state index in [1.807, 2.05) is 32.0 Å². The first-order valence-corrected chi connectivity index (χ1v) is 9.30. The molecule has 2 heterocycles. The van der Waals surface area contributed by atoms with Crippen molar-refractivity contribution >= 4 is 23.2 Å². The number of rotatable bonds is 4. The molecule has 0 saturated carbocycles. The Bertz CT molecular complexity index is 1050. The third-order valence-electron chi connectivity index (χ3n) is 5.53. The summed E-state index contributed by atoms with van der Waals surface area (Å²) in [5, 5.41) is 4.14. The SMILES string of the molecule is COc1ccc(C2=NOC3(CC(=O)N(c4ccc(C)c(C)c4)C3=O)C2)cc1OC. The zero-order valence-corrected chi connectivity index (χ0v) is 16.8. The number of anilines is 1. The number of methoxy groups -OCH3 is 2. The third kappa shape index (κ3) is 3.03. The van der Waals surface area contributed by atoms with Crippen LogP contribution in [0.1, 0.15) is 29.5 Å². The van der Waals surface area contributed by atoms with Gasteiger partial charge in [0.25, 0.3) is 5.91 Å². The quantitative estimate of drug-likeness (QED) is 0.745. The molecule has 0 radical (unpaired) electrons. The summed E-state index contributed by atoms with van der Waals surface area (Å²) in [6.07, 6.45) is 0.174. The van der Waals surface area contributed by atoms with E-state index in [-0.39, 0.29) is 24.7 Å². The van der Waals surface area contributed by atoms with Gasteiger partial charge in [-0.15, -0.1) is 0 Å². The topological polar surface area (TPSA) is 77.4 Å². The van der Waals surface area contributed by atoms with Crippen LogP contribution in [0.3, 0.4) is 0 Å². The van der Waals surface area contributed by atoms with Crippen LogP contribution in [0.2, 0.25) is 0 Å². The van der Waals surface area contributed by atoms with Crippen molar-refractivity contribution in [2.24, 2.45) is 5.16 Å². The van der Waals surface area contributed by atoms with E-state index in [1.165, 1.54) is 4.90 Å². The summed E-state index contributed by atoms with van der Waals surface area (Å²) >= 11 is 0. The molecule has 150 valence electrons. The molecule has 2 aromatic rings. The van der Waals surface area contributed by atoms with Crippen molar-refractivity contribution in [3.8, 4) is 11.5 Å². The molecule has 2 aliphatic heterocycles. The average Bonchev–Trinajstić information content (AvgIpc) is 3.25. The molecule has 1 spiro atoms. The van der Waals surface area contributed by atoms with E-state index in [1.54, 1.807) is 32.4 Å². The molecule has 2 amide bonds. The van der Waals surface area contributed by atoms with Gasteiger partial charge in [0.1, 0.15) is 0 Å². The molecule has 7 nitrogen and oxygen atoms in total. The van der Waals surface area contributed by atoms with E-state index in [0.29, 0.717) is 22.9 Å². The van der Waals surface area contributed by atoms with Gasteiger partial charge in [-0.1, -0.05) is 11.2 Å². The summed E-state index contributed by atoms with van der Waals surface area (Å²) in [4.78, 5) is 32.7. The minimum absolute atomic E-state index is 0.0426. The van der Waals surface area contributed by atoms with Gasteiger partial charge in [0.05, 0.1) is 32.0 Å². The fourth-order valence-electron chi connectivity index (χ4n) is 3.70. The van der Waals surface area contributed by atoms with E-state index in [2.05, 4.69) is 5.16 Å². The smallest absolute Gasteiger partial charge is 0.281 e. The van der Waals surface area contributed by atoms with Gasteiger partial charge in [0.15, 0.2) is 11.5 Å². The molecule has 1 atom stereocenters. The molecule has 0 bridgehead atoms. The number of hydrogen-bond acceptors (Lipinski definition) is 6. The number of ether oxygens (including phenoxy) is 2. The predicted octanol–water partition coefficient (Wildman–Crippen LogP) is 3.15. The van der Waals surface area contributed by atoms with Crippen LogP contribution in [0.15, 0.2) is 41.6 Å². The number of aryl methyl sites for hydroxylation is 2. The summed E-state index contributed by atoms with van der Waals surface area (Å²) in [7, 11) is 3.11. The maximum absolute atomic E-state index is 13.2. The highest BCUT2D eigenvalue weighted by molar-refractivity contribution is 6.25. The lowest BCUT2D eigenvalue weighted by Gasteiger charge is -2.20. The fourth-order valence-corrected chi connectivity index (χ4v) is 3.70. The van der Waals surface area contributed by atoms with Crippen LogP contribution >= 0.6 is 0 Å². The third-order valence-corrected chi connectivity index (χ3v) is 5.53. The van der Waals surface area contributed by atoms with Gasteiger partial charge in [0.2, 0.25) is 11.5 Å². The van der Waals surface area contributed by atoms with Gasteiger partial charge in [-0.25, -0.2) is 4.90 Å². The van der Waals surface area contributed by atoms with Gasteiger partial charge in [-0.3, -0.25) is 9.59 Å². The first-order valence-electron chi connectivity index (χ1n) is 9.30. The lowest BCUT2D eigenvalue weighted by molar-refractivity contribution is -0.136. The Labute approximate surface area is 168 Å². The van der Waals surface area contributed by atoms with Crippen LogP contribution in [-0.2, 0) is 14.4 Å². The fraction of sp³-hybridized carbons (Fsp3) is 0.318. The summed E-state index contributed by atoms with van der Waals surface area (Å²) in [5.74, 6) is 0.477. The summed E-state index contributed by atoms with van der Waals surface area (Å²) in [6.45, 7) is 3.93. The minimum atomic E-state index is -1.29. The second-order valence-corrected chi connectivity index (χ2v) is 7.35. The highest BCUT2D eigenvalue weighted by atomic mass is 16.7. The Hall–Kier alpha value is -3.35. The molecule has 7 heteroatoms. The van der Waals surface area contributed by atoms with E-state index >= 15 is 0 Å². The maximum atomic E-state index is 13.2. The van der Waals surface area contributed by atoms with E-state index < -0.39 is 5.60 Å².